The number of ether oxygens (including phenoxy) is 4. The first-order valence-corrected chi connectivity index (χ1v) is 41.1. The Balaban J connectivity index is 5.23. The van der Waals surface area contributed by atoms with E-state index >= 15 is 0 Å². The van der Waals surface area contributed by atoms with Crippen LogP contribution in [0.5, 0.6) is 0 Å². The van der Waals surface area contributed by atoms with Crippen LogP contribution in [0.2, 0.25) is 0 Å². The molecule has 0 saturated carbocycles. The Morgan fingerprint density at radius 2 is 0.516 bits per heavy atom. The third-order valence-electron chi connectivity index (χ3n) is 16.7. The second kappa shape index (κ2) is 68.1. The van der Waals surface area contributed by atoms with Gasteiger partial charge in [-0.2, -0.15) is 0 Å². The summed E-state index contributed by atoms with van der Waals surface area (Å²) in [5.41, 5.74) is 0. The van der Waals surface area contributed by atoms with E-state index in [9.17, 15) is 43.2 Å². The van der Waals surface area contributed by atoms with Crippen molar-refractivity contribution in [2.45, 2.75) is 386 Å². The molecule has 0 spiro atoms. The maximum absolute atomic E-state index is 13.1. The second-order valence-corrected chi connectivity index (χ2v) is 28.9. The molecule has 0 heterocycles. The topological polar surface area (TPSA) is 237 Å². The lowest BCUT2D eigenvalue weighted by Crippen LogP contribution is -2.30. The minimum atomic E-state index is -4.96. The van der Waals surface area contributed by atoms with Crippen molar-refractivity contribution >= 4 is 39.5 Å². The maximum Gasteiger partial charge on any atom is 0.472 e. The van der Waals surface area contributed by atoms with Crippen LogP contribution in [0.4, 0.5) is 0 Å². The summed E-state index contributed by atoms with van der Waals surface area (Å²) >= 11 is 0. The molecule has 17 nitrogen and oxygen atoms in total. The number of phosphoric ester groups is 2. The zero-order chi connectivity index (χ0) is 68.2. The summed E-state index contributed by atoms with van der Waals surface area (Å²) in [7, 11) is -9.91. The molecule has 5 atom stereocenters. The fraction of sp³-hybridized carbons (Fsp3) is 0.892. The van der Waals surface area contributed by atoms with Crippen LogP contribution < -0.4 is 0 Å². The molecule has 2 unspecified atom stereocenters. The molecule has 0 saturated heterocycles. The summed E-state index contributed by atoms with van der Waals surface area (Å²) in [4.78, 5) is 72.6. The van der Waals surface area contributed by atoms with Gasteiger partial charge in [-0.1, -0.05) is 315 Å². The van der Waals surface area contributed by atoms with Crippen LogP contribution in [-0.2, 0) is 65.4 Å². The molecular weight excluding hydrogens is 1220 g/mol. The molecule has 0 rings (SSSR count). The lowest BCUT2D eigenvalue weighted by atomic mass is 10.0. The lowest BCUT2D eigenvalue weighted by Gasteiger charge is -2.21. The number of carbonyl (C=O) groups excluding carboxylic acids is 4. The van der Waals surface area contributed by atoms with E-state index in [4.69, 9.17) is 37.0 Å². The fourth-order valence-corrected chi connectivity index (χ4v) is 12.4. The van der Waals surface area contributed by atoms with Gasteiger partial charge in [0, 0.05) is 25.7 Å². The van der Waals surface area contributed by atoms with E-state index in [2.05, 4.69) is 52.0 Å². The maximum atomic E-state index is 13.1. The average molecular weight is 1360 g/mol. The SMILES string of the molecule is CCCCCC/C=C\C=C/CCCCCCCC(=O)OC[C@H](COP(=O)(O)OC[C@@H](O)COP(=O)(O)OC[C@@H](COC(=O)CCCCCCCCCCC)OC(=O)CCCCCCCCCCCC)OC(=O)CCCCCCCCCCCCCCCCCCCCC. The van der Waals surface area contributed by atoms with E-state index in [1.165, 1.54) is 180 Å². The van der Waals surface area contributed by atoms with Gasteiger partial charge in [0.2, 0.25) is 0 Å². The van der Waals surface area contributed by atoms with Gasteiger partial charge < -0.3 is 33.8 Å². The first kappa shape index (κ1) is 90.5. The van der Waals surface area contributed by atoms with Crippen molar-refractivity contribution in [3.63, 3.8) is 0 Å². The number of carbonyl (C=O) groups is 4. The van der Waals surface area contributed by atoms with E-state index in [0.717, 1.165) is 109 Å². The molecule has 0 aliphatic carbocycles. The molecule has 0 aliphatic heterocycles. The standard InChI is InChI=1S/C74H140O17P2/c1-5-9-13-17-21-25-28-30-32-33-34-35-37-39-41-45-49-53-57-61-74(79)91-70(65-85-72(77)59-55-51-47-44-40-38-36-31-29-26-22-18-14-10-6-2)67-89-93(82,83)87-63-68(75)62-86-92(80,81)88-66-69(64-84-71(76)58-54-50-46-42-24-20-16-12-8-4)90-73(78)60-56-52-48-43-27-23-19-15-11-7-3/h26,29,31,36,68-70,75H,5-25,27-28,30,32-35,37-67H2,1-4H3,(H,80,81)(H,82,83)/b29-26-,36-31-/t68-,69+,70+/m0/s1. The van der Waals surface area contributed by atoms with E-state index in [0.29, 0.717) is 25.7 Å². The smallest absolute Gasteiger partial charge is 0.462 e. The number of hydrogen-bond acceptors (Lipinski definition) is 15. The van der Waals surface area contributed by atoms with Gasteiger partial charge in [0.1, 0.15) is 19.3 Å². The fourth-order valence-electron chi connectivity index (χ4n) is 10.9. The van der Waals surface area contributed by atoms with E-state index in [1.807, 2.05) is 0 Å². The molecular formula is C74H140O17P2. The van der Waals surface area contributed by atoms with Crippen molar-refractivity contribution in [3.05, 3.63) is 24.3 Å². The summed E-state index contributed by atoms with van der Waals surface area (Å²) < 4.78 is 68.3. The molecule has 93 heavy (non-hydrogen) atoms. The molecule has 0 aromatic heterocycles. The second-order valence-electron chi connectivity index (χ2n) is 26.0. The highest BCUT2D eigenvalue weighted by atomic mass is 31.2. The number of aliphatic hydroxyl groups is 1. The van der Waals surface area contributed by atoms with Crippen molar-refractivity contribution < 1.29 is 80.2 Å². The molecule has 19 heteroatoms. The molecule has 0 aromatic carbocycles. The number of hydrogen-bond donors (Lipinski definition) is 3. The summed E-state index contributed by atoms with van der Waals surface area (Å²) in [6, 6.07) is 0. The van der Waals surface area contributed by atoms with Gasteiger partial charge in [-0.05, 0) is 51.4 Å². The summed E-state index contributed by atoms with van der Waals surface area (Å²) in [5, 5.41) is 10.6. The van der Waals surface area contributed by atoms with Gasteiger partial charge in [0.25, 0.3) is 0 Å². The first-order chi connectivity index (χ1) is 45.2. The lowest BCUT2D eigenvalue weighted by molar-refractivity contribution is -0.161. The Bertz CT molecular complexity index is 1870. The Morgan fingerprint density at radius 1 is 0.301 bits per heavy atom. The summed E-state index contributed by atoms with van der Waals surface area (Å²) in [6.45, 7) is 4.88. The largest absolute Gasteiger partial charge is 0.472 e. The number of phosphoric acid groups is 2. The van der Waals surface area contributed by atoms with Crippen molar-refractivity contribution in [3.8, 4) is 0 Å². The van der Waals surface area contributed by atoms with Gasteiger partial charge >= 0.3 is 39.5 Å². The van der Waals surface area contributed by atoms with E-state index in [1.54, 1.807) is 0 Å². The molecule has 0 aromatic rings. The summed E-state index contributed by atoms with van der Waals surface area (Å²) in [6.07, 6.45) is 60.5. The van der Waals surface area contributed by atoms with Crippen LogP contribution in [0.15, 0.2) is 24.3 Å². The van der Waals surface area contributed by atoms with Crippen LogP contribution in [0.3, 0.4) is 0 Å². The average Bonchev–Trinajstić information content (AvgIpc) is 2.42. The van der Waals surface area contributed by atoms with Gasteiger partial charge in [0.05, 0.1) is 26.4 Å². The van der Waals surface area contributed by atoms with Gasteiger partial charge in [-0.25, -0.2) is 9.13 Å². The molecule has 0 aliphatic rings. The van der Waals surface area contributed by atoms with Crippen molar-refractivity contribution in [1.29, 1.82) is 0 Å². The van der Waals surface area contributed by atoms with Crippen LogP contribution in [0.1, 0.15) is 368 Å². The van der Waals surface area contributed by atoms with Crippen molar-refractivity contribution in [1.82, 2.24) is 0 Å². The zero-order valence-electron chi connectivity index (χ0n) is 59.7. The van der Waals surface area contributed by atoms with Gasteiger partial charge in [-0.15, -0.1) is 0 Å². The Morgan fingerprint density at radius 3 is 0.785 bits per heavy atom. The number of rotatable bonds is 73. The van der Waals surface area contributed by atoms with Gasteiger partial charge in [0.15, 0.2) is 12.2 Å². The normalized spacial score (nSPS) is 14.1. The predicted octanol–water partition coefficient (Wildman–Crippen LogP) is 21.4. The van der Waals surface area contributed by atoms with Crippen LogP contribution in [-0.4, -0.2) is 96.7 Å². The minimum absolute atomic E-state index is 0.102. The number of unbranched alkanes of at least 4 members (excludes halogenated alkanes) is 44. The number of aliphatic hydroxyl groups excluding tert-OH is 1. The molecule has 3 N–H and O–H groups in total. The first-order valence-electron chi connectivity index (χ1n) is 38.1. The Kier molecular flexibility index (Phi) is 66.3. The van der Waals surface area contributed by atoms with Crippen molar-refractivity contribution in [2.24, 2.45) is 0 Å². The van der Waals surface area contributed by atoms with Gasteiger partial charge in [-0.3, -0.25) is 37.3 Å². The highest BCUT2D eigenvalue weighted by molar-refractivity contribution is 7.47. The highest BCUT2D eigenvalue weighted by Gasteiger charge is 2.30. The highest BCUT2D eigenvalue weighted by Crippen LogP contribution is 2.45. The minimum Gasteiger partial charge on any atom is -0.462 e. The number of allylic oxidation sites excluding steroid dienone is 4. The summed E-state index contributed by atoms with van der Waals surface area (Å²) in [5.74, 6) is -2.15. The van der Waals surface area contributed by atoms with E-state index < -0.39 is 97.5 Å². The predicted molar refractivity (Wildman–Crippen MR) is 377 cm³/mol. The monoisotopic (exact) mass is 1360 g/mol. The third kappa shape index (κ3) is 67.9. The Labute approximate surface area is 567 Å². The van der Waals surface area contributed by atoms with Crippen LogP contribution >= 0.6 is 15.6 Å². The molecule has 0 fully saturated rings. The quantitative estimate of drug-likeness (QED) is 0.0169. The zero-order valence-corrected chi connectivity index (χ0v) is 61.5. The van der Waals surface area contributed by atoms with Crippen molar-refractivity contribution in [2.75, 3.05) is 39.6 Å². The molecule has 0 amide bonds. The molecule has 0 bridgehead atoms. The Hall–Kier alpha value is -2.46. The van der Waals surface area contributed by atoms with E-state index in [-0.39, 0.29) is 25.7 Å². The third-order valence-corrected chi connectivity index (χ3v) is 18.6. The molecule has 548 valence electrons. The van der Waals surface area contributed by atoms with Crippen LogP contribution in [0.25, 0.3) is 0 Å². The molecule has 0 radical (unpaired) electrons. The van der Waals surface area contributed by atoms with Crippen LogP contribution in [0, 0.1) is 0 Å². The number of esters is 4.